The van der Waals surface area contributed by atoms with E-state index in [1.54, 1.807) is 12.1 Å². The molecule has 0 aliphatic heterocycles. The summed E-state index contributed by atoms with van der Waals surface area (Å²) in [7, 11) is 0. The highest BCUT2D eigenvalue weighted by Crippen LogP contribution is 2.18. The van der Waals surface area contributed by atoms with Crippen LogP contribution in [0.3, 0.4) is 0 Å². The van der Waals surface area contributed by atoms with Gasteiger partial charge in [0.25, 0.3) is 0 Å². The molecule has 106 valence electrons. The fourth-order valence-electron chi connectivity index (χ4n) is 2.23. The van der Waals surface area contributed by atoms with Crippen molar-refractivity contribution in [3.63, 3.8) is 0 Å². The number of para-hydroxylation sites is 1. The van der Waals surface area contributed by atoms with Crippen LogP contribution in [0.5, 0.6) is 0 Å². The minimum Gasteiger partial charge on any atom is -0.326 e. The lowest BCUT2D eigenvalue weighted by Crippen LogP contribution is -2.05. The maximum Gasteiger partial charge on any atom is 0.207 e. The molecule has 0 unspecified atom stereocenters. The zero-order chi connectivity index (χ0) is 14.7. The third-order valence-corrected chi connectivity index (χ3v) is 3.23. The molecule has 0 amide bonds. The van der Waals surface area contributed by atoms with Gasteiger partial charge in [-0.15, -0.1) is 0 Å². The summed E-state index contributed by atoms with van der Waals surface area (Å²) in [6.45, 7) is 2.37. The molecule has 2 aromatic carbocycles. The smallest absolute Gasteiger partial charge is 0.207 e. The Morgan fingerprint density at radius 1 is 1.05 bits per heavy atom. The molecule has 0 radical (unpaired) electrons. The van der Waals surface area contributed by atoms with Gasteiger partial charge in [-0.3, -0.25) is 0 Å². The molecular formula is C17H16FN3. The van der Waals surface area contributed by atoms with Gasteiger partial charge < -0.3 is 9.88 Å². The van der Waals surface area contributed by atoms with Gasteiger partial charge in [0.1, 0.15) is 5.82 Å². The monoisotopic (exact) mass is 281 g/mol. The third-order valence-electron chi connectivity index (χ3n) is 3.23. The van der Waals surface area contributed by atoms with Crippen LogP contribution in [-0.2, 0) is 6.54 Å². The molecular weight excluding hydrogens is 265 g/mol. The number of nitrogens with zero attached hydrogens (tertiary/aromatic N) is 2. The summed E-state index contributed by atoms with van der Waals surface area (Å²) in [6.07, 6.45) is 1.91. The highest BCUT2D eigenvalue weighted by atomic mass is 19.1. The van der Waals surface area contributed by atoms with Gasteiger partial charge >= 0.3 is 0 Å². The number of aryl methyl sites for hydroxylation is 1. The first-order valence-corrected chi connectivity index (χ1v) is 6.81. The lowest BCUT2D eigenvalue weighted by atomic mass is 10.2. The van der Waals surface area contributed by atoms with Gasteiger partial charge in [-0.05, 0) is 25.1 Å². The van der Waals surface area contributed by atoms with E-state index in [4.69, 9.17) is 0 Å². The molecule has 3 rings (SSSR count). The summed E-state index contributed by atoms with van der Waals surface area (Å²) < 4.78 is 15.7. The number of anilines is 2. The first-order chi connectivity index (χ1) is 10.2. The van der Waals surface area contributed by atoms with Gasteiger partial charge in [-0.2, -0.15) is 0 Å². The van der Waals surface area contributed by atoms with Crippen molar-refractivity contribution in [2.75, 3.05) is 5.32 Å². The van der Waals surface area contributed by atoms with Crippen molar-refractivity contribution < 1.29 is 4.39 Å². The molecule has 0 saturated carbocycles. The van der Waals surface area contributed by atoms with Crippen LogP contribution in [0.4, 0.5) is 16.0 Å². The average molecular weight is 281 g/mol. The molecule has 4 heteroatoms. The Kier molecular flexibility index (Phi) is 3.69. The Balaban J connectivity index is 1.88. The molecule has 0 saturated heterocycles. The molecule has 0 aliphatic carbocycles. The summed E-state index contributed by atoms with van der Waals surface area (Å²) in [5, 5.41) is 3.26. The Hall–Kier alpha value is -2.62. The molecule has 1 heterocycles. The Morgan fingerprint density at radius 2 is 1.76 bits per heavy atom. The van der Waals surface area contributed by atoms with E-state index in [-0.39, 0.29) is 5.82 Å². The lowest BCUT2D eigenvalue weighted by Gasteiger charge is -2.10. The SMILES string of the molecule is Cc1cn(Cc2ccccc2F)c(Nc2ccccc2)n1. The highest BCUT2D eigenvalue weighted by molar-refractivity contribution is 5.53. The van der Waals surface area contributed by atoms with E-state index < -0.39 is 0 Å². The fraction of sp³-hybridized carbons (Fsp3) is 0.118. The van der Waals surface area contributed by atoms with Crippen molar-refractivity contribution >= 4 is 11.6 Å². The van der Waals surface area contributed by atoms with E-state index in [1.165, 1.54) is 6.07 Å². The summed E-state index contributed by atoms with van der Waals surface area (Å²) >= 11 is 0. The molecule has 0 spiro atoms. The summed E-state index contributed by atoms with van der Waals surface area (Å²) in [6, 6.07) is 16.6. The molecule has 0 bridgehead atoms. The number of rotatable bonds is 4. The normalized spacial score (nSPS) is 10.6. The van der Waals surface area contributed by atoms with Gasteiger partial charge in [-0.25, -0.2) is 9.37 Å². The Bertz CT molecular complexity index is 735. The van der Waals surface area contributed by atoms with Crippen molar-refractivity contribution in [3.8, 4) is 0 Å². The summed E-state index contributed by atoms with van der Waals surface area (Å²) in [5.74, 6) is 0.511. The lowest BCUT2D eigenvalue weighted by molar-refractivity contribution is 0.600. The number of halogens is 1. The fourth-order valence-corrected chi connectivity index (χ4v) is 2.23. The maximum absolute atomic E-state index is 13.8. The van der Waals surface area contributed by atoms with E-state index >= 15 is 0 Å². The van der Waals surface area contributed by atoms with E-state index in [1.807, 2.05) is 54.1 Å². The van der Waals surface area contributed by atoms with Gasteiger partial charge in [-0.1, -0.05) is 36.4 Å². The minimum atomic E-state index is -0.200. The second kappa shape index (κ2) is 5.79. The van der Waals surface area contributed by atoms with E-state index in [9.17, 15) is 4.39 Å². The zero-order valence-electron chi connectivity index (χ0n) is 11.8. The van der Waals surface area contributed by atoms with Gasteiger partial charge in [0.05, 0.1) is 12.2 Å². The molecule has 0 fully saturated rings. The van der Waals surface area contributed by atoms with Crippen molar-refractivity contribution in [2.24, 2.45) is 0 Å². The molecule has 3 aromatic rings. The molecule has 3 nitrogen and oxygen atoms in total. The molecule has 1 aromatic heterocycles. The zero-order valence-corrected chi connectivity index (χ0v) is 11.8. The topological polar surface area (TPSA) is 29.9 Å². The van der Waals surface area contributed by atoms with Crippen LogP contribution in [0.2, 0.25) is 0 Å². The van der Waals surface area contributed by atoms with Crippen LogP contribution in [0.1, 0.15) is 11.3 Å². The molecule has 0 atom stereocenters. The van der Waals surface area contributed by atoms with Crippen molar-refractivity contribution in [1.29, 1.82) is 0 Å². The van der Waals surface area contributed by atoms with Crippen molar-refractivity contribution in [1.82, 2.24) is 9.55 Å². The highest BCUT2D eigenvalue weighted by Gasteiger charge is 2.08. The number of nitrogens with one attached hydrogen (secondary N) is 1. The van der Waals surface area contributed by atoms with Crippen LogP contribution in [0, 0.1) is 12.7 Å². The quantitative estimate of drug-likeness (QED) is 0.779. The predicted molar refractivity (Wildman–Crippen MR) is 82.2 cm³/mol. The second-order valence-electron chi connectivity index (χ2n) is 4.92. The first kappa shape index (κ1) is 13.4. The van der Waals surface area contributed by atoms with Gasteiger partial charge in [0.15, 0.2) is 0 Å². The van der Waals surface area contributed by atoms with E-state index in [2.05, 4.69) is 10.3 Å². The van der Waals surface area contributed by atoms with Gasteiger partial charge in [0.2, 0.25) is 5.95 Å². The first-order valence-electron chi connectivity index (χ1n) is 6.81. The number of imidazole rings is 1. The molecule has 0 aliphatic rings. The van der Waals surface area contributed by atoms with Crippen LogP contribution < -0.4 is 5.32 Å². The number of aromatic nitrogens is 2. The third kappa shape index (κ3) is 3.11. The minimum absolute atomic E-state index is 0.200. The number of hydrogen-bond donors (Lipinski definition) is 1. The van der Waals surface area contributed by atoms with Crippen molar-refractivity contribution in [3.05, 3.63) is 77.9 Å². The summed E-state index contributed by atoms with van der Waals surface area (Å²) in [5.41, 5.74) is 2.49. The Labute approximate surface area is 123 Å². The second-order valence-corrected chi connectivity index (χ2v) is 4.92. The predicted octanol–water partition coefficient (Wildman–Crippen LogP) is 4.12. The van der Waals surface area contributed by atoms with Gasteiger partial charge in [0, 0.05) is 17.4 Å². The number of benzene rings is 2. The van der Waals surface area contributed by atoms with Crippen LogP contribution in [0.25, 0.3) is 0 Å². The maximum atomic E-state index is 13.8. The van der Waals surface area contributed by atoms with E-state index in [0.717, 1.165) is 11.4 Å². The standard InChI is InChI=1S/C17H16FN3/c1-13-11-21(12-14-7-5-6-10-16(14)18)17(19-13)20-15-8-3-2-4-9-15/h2-11H,12H2,1H3,(H,19,20). The van der Waals surface area contributed by atoms with Crippen LogP contribution in [0.15, 0.2) is 60.8 Å². The van der Waals surface area contributed by atoms with E-state index in [0.29, 0.717) is 18.1 Å². The molecule has 21 heavy (non-hydrogen) atoms. The van der Waals surface area contributed by atoms with Crippen LogP contribution in [-0.4, -0.2) is 9.55 Å². The largest absolute Gasteiger partial charge is 0.326 e. The number of hydrogen-bond acceptors (Lipinski definition) is 2. The summed E-state index contributed by atoms with van der Waals surface area (Å²) in [4.78, 5) is 4.46. The Morgan fingerprint density at radius 3 is 2.52 bits per heavy atom. The molecule has 1 N–H and O–H groups in total. The van der Waals surface area contributed by atoms with Crippen LogP contribution >= 0.6 is 0 Å². The van der Waals surface area contributed by atoms with Crippen molar-refractivity contribution in [2.45, 2.75) is 13.5 Å². The average Bonchev–Trinajstić information content (AvgIpc) is 2.82.